The Labute approximate surface area is 159 Å². The van der Waals surface area contributed by atoms with Gasteiger partial charge in [-0.1, -0.05) is 42.5 Å². The fraction of sp³-hybridized carbons (Fsp3) is 0.0952. The number of carbonyl (C=O) groups is 1. The van der Waals surface area contributed by atoms with Gasteiger partial charge in [-0.15, -0.1) is 0 Å². The molecule has 142 valence electrons. The minimum atomic E-state index is -0.479. The summed E-state index contributed by atoms with van der Waals surface area (Å²) in [6.07, 6.45) is 3.16. The lowest BCUT2D eigenvalue weighted by Crippen LogP contribution is -2.46. The molecule has 0 fully saturated rings. The first-order chi connectivity index (χ1) is 13.5. The number of carbonyl (C=O) groups excluding carboxylic acids is 1. The number of aromatic nitrogens is 2. The molecule has 0 saturated carbocycles. The van der Waals surface area contributed by atoms with Gasteiger partial charge in [0, 0.05) is 0 Å². The lowest BCUT2D eigenvalue weighted by Gasteiger charge is -2.04. The van der Waals surface area contributed by atoms with Crippen LogP contribution >= 0.6 is 0 Å². The molecule has 0 atom stereocenters. The SMILES string of the molecule is COC(=O)COc1ccc(C=c2[nH]c(=O)c(=Cc3ccccc3)[nH]c2=O)cc1. The van der Waals surface area contributed by atoms with Gasteiger partial charge in [0.1, 0.15) is 16.4 Å². The number of hydrogen-bond donors (Lipinski definition) is 2. The highest BCUT2D eigenvalue weighted by atomic mass is 16.6. The number of rotatable bonds is 5. The van der Waals surface area contributed by atoms with Crippen LogP contribution in [0.5, 0.6) is 5.75 Å². The van der Waals surface area contributed by atoms with E-state index in [0.717, 1.165) is 5.56 Å². The smallest absolute Gasteiger partial charge is 0.343 e. The van der Waals surface area contributed by atoms with Crippen LogP contribution in [0.1, 0.15) is 11.1 Å². The summed E-state index contributed by atoms with van der Waals surface area (Å²) in [7, 11) is 1.28. The maximum Gasteiger partial charge on any atom is 0.343 e. The normalized spacial score (nSPS) is 12.0. The summed E-state index contributed by atoms with van der Waals surface area (Å²) in [5.41, 5.74) is 0.690. The second-order valence-corrected chi connectivity index (χ2v) is 5.87. The van der Waals surface area contributed by atoms with Crippen molar-refractivity contribution in [2.75, 3.05) is 13.7 Å². The first-order valence-electron chi connectivity index (χ1n) is 8.46. The molecule has 7 nitrogen and oxygen atoms in total. The topological polar surface area (TPSA) is 101 Å². The summed E-state index contributed by atoms with van der Waals surface area (Å²) in [5.74, 6) is 0.00454. The molecule has 0 aliphatic carbocycles. The molecule has 1 heterocycles. The average Bonchev–Trinajstić information content (AvgIpc) is 2.71. The van der Waals surface area contributed by atoms with Gasteiger partial charge >= 0.3 is 5.97 Å². The van der Waals surface area contributed by atoms with E-state index in [4.69, 9.17) is 4.74 Å². The second kappa shape index (κ2) is 8.68. The molecule has 28 heavy (non-hydrogen) atoms. The number of aromatic amines is 2. The number of H-pyrrole nitrogens is 2. The van der Waals surface area contributed by atoms with Crippen molar-refractivity contribution in [1.82, 2.24) is 9.97 Å². The summed E-state index contributed by atoms with van der Waals surface area (Å²) in [6.45, 7) is -0.189. The van der Waals surface area contributed by atoms with Crippen molar-refractivity contribution in [2.24, 2.45) is 0 Å². The summed E-state index contributed by atoms with van der Waals surface area (Å²) < 4.78 is 9.76. The lowest BCUT2D eigenvalue weighted by molar-refractivity contribution is -0.142. The Hall–Kier alpha value is -3.87. The summed E-state index contributed by atoms with van der Waals surface area (Å²) in [6, 6.07) is 15.9. The fourth-order valence-electron chi connectivity index (χ4n) is 2.44. The van der Waals surface area contributed by atoms with Crippen LogP contribution in [0.25, 0.3) is 12.2 Å². The van der Waals surface area contributed by atoms with Gasteiger partial charge in [0.15, 0.2) is 6.61 Å². The number of nitrogens with one attached hydrogen (secondary N) is 2. The quantitative estimate of drug-likeness (QED) is 0.621. The monoisotopic (exact) mass is 378 g/mol. The van der Waals surface area contributed by atoms with Crippen LogP contribution in [0.2, 0.25) is 0 Å². The molecule has 2 N–H and O–H groups in total. The van der Waals surface area contributed by atoms with E-state index in [9.17, 15) is 14.4 Å². The van der Waals surface area contributed by atoms with E-state index in [1.807, 2.05) is 30.3 Å². The molecule has 0 amide bonds. The van der Waals surface area contributed by atoms with Crippen molar-refractivity contribution >= 4 is 18.1 Å². The second-order valence-electron chi connectivity index (χ2n) is 5.87. The van der Waals surface area contributed by atoms with E-state index >= 15 is 0 Å². The molecule has 7 heteroatoms. The molecule has 0 aliphatic rings. The third kappa shape index (κ3) is 4.85. The Balaban J connectivity index is 1.88. The zero-order chi connectivity index (χ0) is 19.9. The number of esters is 1. The highest BCUT2D eigenvalue weighted by Gasteiger charge is 2.02. The highest BCUT2D eigenvalue weighted by Crippen LogP contribution is 2.12. The number of methoxy groups -OCH3 is 1. The van der Waals surface area contributed by atoms with E-state index in [-0.39, 0.29) is 17.3 Å². The third-order valence-corrected chi connectivity index (χ3v) is 3.87. The first-order valence-corrected chi connectivity index (χ1v) is 8.46. The van der Waals surface area contributed by atoms with Crippen molar-refractivity contribution in [2.45, 2.75) is 0 Å². The molecule has 3 aromatic rings. The average molecular weight is 378 g/mol. The van der Waals surface area contributed by atoms with Gasteiger partial charge in [-0.3, -0.25) is 9.59 Å². The Morgan fingerprint density at radius 3 is 1.93 bits per heavy atom. The van der Waals surface area contributed by atoms with Crippen LogP contribution in [0, 0.1) is 0 Å². The predicted molar refractivity (Wildman–Crippen MR) is 104 cm³/mol. The summed E-state index contributed by atoms with van der Waals surface area (Å²) in [4.78, 5) is 40.9. The Kier molecular flexibility index (Phi) is 5.86. The van der Waals surface area contributed by atoms with E-state index in [1.54, 1.807) is 36.4 Å². The zero-order valence-electron chi connectivity index (χ0n) is 15.1. The fourth-order valence-corrected chi connectivity index (χ4v) is 2.44. The Bertz CT molecular complexity index is 1190. The Morgan fingerprint density at radius 2 is 1.39 bits per heavy atom. The van der Waals surface area contributed by atoms with Crippen LogP contribution in [0.4, 0.5) is 0 Å². The molecule has 1 aromatic heterocycles. The van der Waals surface area contributed by atoms with Gasteiger partial charge < -0.3 is 19.4 Å². The van der Waals surface area contributed by atoms with Gasteiger partial charge in [-0.05, 0) is 35.4 Å². The van der Waals surface area contributed by atoms with Crippen molar-refractivity contribution in [3.63, 3.8) is 0 Å². The third-order valence-electron chi connectivity index (χ3n) is 3.87. The van der Waals surface area contributed by atoms with Gasteiger partial charge in [0.2, 0.25) is 0 Å². The van der Waals surface area contributed by atoms with Crippen LogP contribution in [-0.2, 0) is 9.53 Å². The van der Waals surface area contributed by atoms with Crippen molar-refractivity contribution in [3.05, 3.63) is 97.1 Å². The molecule has 0 aliphatic heterocycles. The van der Waals surface area contributed by atoms with Crippen molar-refractivity contribution in [1.29, 1.82) is 0 Å². The maximum absolute atomic E-state index is 12.3. The standard InChI is InChI=1S/C21H18N2O5/c1-27-19(24)13-28-16-9-7-15(8-10-16)12-18-21(26)22-17(20(25)23-18)11-14-5-3-2-4-6-14/h2-12H,13H2,1H3,(H,22,26)(H,23,25). The van der Waals surface area contributed by atoms with Gasteiger partial charge in [-0.25, -0.2) is 4.79 Å². The van der Waals surface area contributed by atoms with E-state index in [2.05, 4.69) is 14.7 Å². The minimum Gasteiger partial charge on any atom is -0.482 e. The van der Waals surface area contributed by atoms with Crippen LogP contribution < -0.4 is 26.6 Å². The van der Waals surface area contributed by atoms with Gasteiger partial charge in [-0.2, -0.15) is 0 Å². The maximum atomic E-state index is 12.3. The lowest BCUT2D eigenvalue weighted by atomic mass is 10.2. The van der Waals surface area contributed by atoms with Gasteiger partial charge in [0.25, 0.3) is 11.1 Å². The molecule has 0 spiro atoms. The molecule has 0 radical (unpaired) electrons. The Morgan fingerprint density at radius 1 is 0.857 bits per heavy atom. The predicted octanol–water partition coefficient (Wildman–Crippen LogP) is 0.273. The van der Waals surface area contributed by atoms with Crippen molar-refractivity contribution in [3.8, 4) is 5.75 Å². The minimum absolute atomic E-state index is 0.137. The number of benzene rings is 2. The zero-order valence-corrected chi connectivity index (χ0v) is 15.1. The van der Waals surface area contributed by atoms with Crippen molar-refractivity contribution < 1.29 is 14.3 Å². The van der Waals surface area contributed by atoms with Crippen LogP contribution in [0.15, 0.2) is 64.2 Å². The van der Waals surface area contributed by atoms with Gasteiger partial charge in [0.05, 0.1) is 7.11 Å². The van der Waals surface area contributed by atoms with Crippen LogP contribution in [-0.4, -0.2) is 29.7 Å². The number of hydrogen-bond acceptors (Lipinski definition) is 5. The molecular weight excluding hydrogens is 360 g/mol. The molecule has 0 unspecified atom stereocenters. The van der Waals surface area contributed by atoms with Crippen LogP contribution in [0.3, 0.4) is 0 Å². The van der Waals surface area contributed by atoms with E-state index < -0.39 is 17.1 Å². The highest BCUT2D eigenvalue weighted by molar-refractivity contribution is 5.70. The molecule has 3 rings (SSSR count). The van der Waals surface area contributed by atoms with E-state index in [1.165, 1.54) is 7.11 Å². The largest absolute Gasteiger partial charge is 0.482 e. The van der Waals surface area contributed by atoms with E-state index in [0.29, 0.717) is 11.3 Å². The molecule has 0 saturated heterocycles. The number of ether oxygens (including phenoxy) is 2. The summed E-state index contributed by atoms with van der Waals surface area (Å²) >= 11 is 0. The molecule has 0 bridgehead atoms. The summed E-state index contributed by atoms with van der Waals surface area (Å²) in [5, 5.41) is 0.318. The molecular formula is C21H18N2O5. The molecule has 2 aromatic carbocycles. The first kappa shape index (κ1) is 18.9.